The molecule has 31 heavy (non-hydrogen) atoms. The number of hydrogen-bond donors (Lipinski definition) is 3. The summed E-state index contributed by atoms with van der Waals surface area (Å²) in [6.45, 7) is 0.879. The number of nitrogens with one attached hydrogen (secondary N) is 2. The molecule has 4 rings (SSSR count). The highest BCUT2D eigenvalue weighted by molar-refractivity contribution is 5.91. The third-order valence-electron chi connectivity index (χ3n) is 5.22. The molecule has 1 aromatic heterocycles. The van der Waals surface area contributed by atoms with Gasteiger partial charge in [-0.05, 0) is 36.6 Å². The number of aromatic amines is 1. The number of imidazole rings is 1. The van der Waals surface area contributed by atoms with E-state index >= 15 is 0 Å². The summed E-state index contributed by atoms with van der Waals surface area (Å²) in [4.78, 5) is 20.5. The van der Waals surface area contributed by atoms with Crippen molar-refractivity contribution in [1.82, 2.24) is 15.3 Å². The number of benzene rings is 2. The summed E-state index contributed by atoms with van der Waals surface area (Å²) in [7, 11) is 0. The van der Waals surface area contributed by atoms with E-state index in [1.54, 1.807) is 0 Å². The van der Waals surface area contributed by atoms with E-state index in [1.165, 1.54) is 0 Å². The molecule has 0 fully saturated rings. The van der Waals surface area contributed by atoms with Gasteiger partial charge in [0.2, 0.25) is 6.29 Å². The number of ether oxygens (including phenoxy) is 2. The summed E-state index contributed by atoms with van der Waals surface area (Å²) in [5.74, 6) is 0.653. The second-order valence-electron chi connectivity index (χ2n) is 7.52. The van der Waals surface area contributed by atoms with Crippen LogP contribution in [0.5, 0.6) is 0 Å². The van der Waals surface area contributed by atoms with Crippen molar-refractivity contribution in [3.63, 3.8) is 0 Å². The van der Waals surface area contributed by atoms with E-state index in [4.69, 9.17) is 14.6 Å². The number of hydrogen-bond acceptors (Lipinski definition) is 5. The number of carbonyl (C=O) groups is 1. The number of amides is 1. The molecule has 7 heteroatoms. The molecule has 1 aliphatic rings. The summed E-state index contributed by atoms with van der Waals surface area (Å²) >= 11 is 0. The average molecular weight is 421 g/mol. The number of rotatable bonds is 9. The van der Waals surface area contributed by atoms with Gasteiger partial charge in [-0.15, -0.1) is 0 Å². The monoisotopic (exact) mass is 421 g/mol. The molecule has 0 radical (unpaired) electrons. The summed E-state index contributed by atoms with van der Waals surface area (Å²) in [5, 5.41) is 11.8. The molecule has 7 nitrogen and oxygen atoms in total. The summed E-state index contributed by atoms with van der Waals surface area (Å²) in [6, 6.07) is 17.8. The van der Waals surface area contributed by atoms with E-state index in [9.17, 15) is 4.79 Å². The van der Waals surface area contributed by atoms with Gasteiger partial charge in [0, 0.05) is 18.9 Å². The number of unbranched alkanes of at least 4 members (excludes halogenated alkanes) is 1. The molecule has 0 aliphatic carbocycles. The zero-order valence-electron chi connectivity index (χ0n) is 17.3. The molecule has 0 spiro atoms. The molecule has 2 heterocycles. The normalized spacial score (nSPS) is 18.4. The van der Waals surface area contributed by atoms with Crippen LogP contribution in [0.25, 0.3) is 11.0 Å². The fourth-order valence-electron chi connectivity index (χ4n) is 3.62. The predicted octanol–water partition coefficient (Wildman–Crippen LogP) is 3.38. The molecule has 0 unspecified atom stereocenters. The Morgan fingerprint density at radius 1 is 1.16 bits per heavy atom. The van der Waals surface area contributed by atoms with E-state index in [0.717, 1.165) is 23.0 Å². The molecule has 1 amide bonds. The number of allylic oxidation sites excluding steroid dienone is 1. The number of aliphatic hydroxyl groups excluding tert-OH is 1. The van der Waals surface area contributed by atoms with Crippen LogP contribution < -0.4 is 5.32 Å². The molecular weight excluding hydrogens is 394 g/mol. The molecule has 2 atom stereocenters. The van der Waals surface area contributed by atoms with E-state index in [0.29, 0.717) is 25.3 Å². The summed E-state index contributed by atoms with van der Waals surface area (Å²) in [6.07, 6.45) is 3.39. The third-order valence-corrected chi connectivity index (χ3v) is 5.22. The summed E-state index contributed by atoms with van der Waals surface area (Å²) < 4.78 is 11.7. The lowest BCUT2D eigenvalue weighted by molar-refractivity contribution is -0.146. The van der Waals surface area contributed by atoms with Crippen molar-refractivity contribution in [2.24, 2.45) is 0 Å². The van der Waals surface area contributed by atoms with Crippen molar-refractivity contribution >= 4 is 16.9 Å². The van der Waals surface area contributed by atoms with Crippen LogP contribution in [0.1, 0.15) is 36.6 Å². The fraction of sp³-hybridized carbons (Fsp3) is 0.333. The van der Waals surface area contributed by atoms with Crippen LogP contribution in [0.2, 0.25) is 0 Å². The second kappa shape index (κ2) is 10.2. The number of fused-ring (bicyclic) bond motifs is 1. The Morgan fingerprint density at radius 2 is 1.97 bits per heavy atom. The number of aliphatic hydroxyl groups is 1. The van der Waals surface area contributed by atoms with Crippen LogP contribution in [-0.4, -0.2) is 40.5 Å². The van der Waals surface area contributed by atoms with Crippen LogP contribution in [0.4, 0.5) is 0 Å². The first-order valence-corrected chi connectivity index (χ1v) is 10.6. The molecule has 0 bridgehead atoms. The SMILES string of the molecule is O=C(NCc1nc2ccccc2[nH]1)C1=C[C@@H](c2ccccc2)C[C@@H](OCCCCO)O1. The van der Waals surface area contributed by atoms with E-state index < -0.39 is 6.29 Å². The average Bonchev–Trinajstić information content (AvgIpc) is 3.24. The van der Waals surface area contributed by atoms with Gasteiger partial charge in [-0.1, -0.05) is 42.5 Å². The van der Waals surface area contributed by atoms with Gasteiger partial charge in [0.1, 0.15) is 5.82 Å². The molecule has 1 aliphatic heterocycles. The van der Waals surface area contributed by atoms with Crippen molar-refractivity contribution in [2.45, 2.75) is 38.0 Å². The van der Waals surface area contributed by atoms with Crippen LogP contribution in [0, 0.1) is 0 Å². The van der Waals surface area contributed by atoms with Crippen molar-refractivity contribution < 1.29 is 19.4 Å². The van der Waals surface area contributed by atoms with Crippen LogP contribution in [0.15, 0.2) is 66.4 Å². The second-order valence-corrected chi connectivity index (χ2v) is 7.52. The molecule has 2 aromatic carbocycles. The number of H-pyrrole nitrogens is 1. The predicted molar refractivity (Wildman–Crippen MR) is 117 cm³/mol. The van der Waals surface area contributed by atoms with E-state index in [-0.39, 0.29) is 30.7 Å². The Balaban J connectivity index is 1.43. The number of para-hydroxylation sites is 2. The third kappa shape index (κ3) is 5.51. The van der Waals surface area contributed by atoms with Gasteiger partial charge in [0.05, 0.1) is 24.2 Å². The fourth-order valence-corrected chi connectivity index (χ4v) is 3.62. The topological polar surface area (TPSA) is 96.5 Å². The molecule has 0 saturated heterocycles. The Kier molecular flexibility index (Phi) is 6.96. The minimum absolute atomic E-state index is 0.0183. The van der Waals surface area contributed by atoms with Gasteiger partial charge >= 0.3 is 0 Å². The zero-order valence-corrected chi connectivity index (χ0v) is 17.3. The maximum Gasteiger partial charge on any atom is 0.286 e. The lowest BCUT2D eigenvalue weighted by Gasteiger charge is -2.29. The highest BCUT2D eigenvalue weighted by atomic mass is 16.7. The van der Waals surface area contributed by atoms with E-state index in [1.807, 2.05) is 60.7 Å². The standard InChI is InChI=1S/C24H27N3O4/c28-12-6-7-13-30-23-15-18(17-8-2-1-3-9-17)14-21(31-23)24(29)25-16-22-26-19-10-4-5-11-20(19)27-22/h1-5,8-11,14,18,23,28H,6-7,12-13,15-16H2,(H,25,29)(H,26,27)/t18-,23+/m1/s1. The first kappa shape index (κ1) is 21.1. The number of nitrogens with zero attached hydrogens (tertiary/aromatic N) is 1. The largest absolute Gasteiger partial charge is 0.459 e. The Bertz CT molecular complexity index is 998. The number of carbonyl (C=O) groups excluding carboxylic acids is 1. The minimum atomic E-state index is -0.513. The first-order chi connectivity index (χ1) is 15.2. The highest BCUT2D eigenvalue weighted by Crippen LogP contribution is 2.31. The van der Waals surface area contributed by atoms with Crippen LogP contribution in [-0.2, 0) is 20.8 Å². The first-order valence-electron chi connectivity index (χ1n) is 10.6. The van der Waals surface area contributed by atoms with Gasteiger partial charge in [-0.25, -0.2) is 4.98 Å². The Hall–Kier alpha value is -3.16. The molecule has 3 N–H and O–H groups in total. The lowest BCUT2D eigenvalue weighted by atomic mass is 9.93. The maximum atomic E-state index is 12.9. The molecule has 162 valence electrons. The Morgan fingerprint density at radius 3 is 2.77 bits per heavy atom. The van der Waals surface area contributed by atoms with Crippen molar-refractivity contribution in [2.75, 3.05) is 13.2 Å². The van der Waals surface area contributed by atoms with Crippen molar-refractivity contribution in [3.05, 3.63) is 77.8 Å². The van der Waals surface area contributed by atoms with Gasteiger partial charge < -0.3 is 24.9 Å². The minimum Gasteiger partial charge on any atom is -0.459 e. The van der Waals surface area contributed by atoms with Gasteiger partial charge in [-0.2, -0.15) is 0 Å². The highest BCUT2D eigenvalue weighted by Gasteiger charge is 2.28. The maximum absolute atomic E-state index is 12.9. The zero-order chi connectivity index (χ0) is 21.5. The molecule has 3 aromatic rings. The van der Waals surface area contributed by atoms with Crippen LogP contribution in [0.3, 0.4) is 0 Å². The van der Waals surface area contributed by atoms with Crippen LogP contribution >= 0.6 is 0 Å². The van der Waals surface area contributed by atoms with Gasteiger partial charge in [0.25, 0.3) is 5.91 Å². The lowest BCUT2D eigenvalue weighted by Crippen LogP contribution is -2.33. The smallest absolute Gasteiger partial charge is 0.286 e. The molecular formula is C24H27N3O4. The van der Waals surface area contributed by atoms with Crippen molar-refractivity contribution in [3.8, 4) is 0 Å². The number of aromatic nitrogens is 2. The summed E-state index contributed by atoms with van der Waals surface area (Å²) in [5.41, 5.74) is 2.90. The van der Waals surface area contributed by atoms with Gasteiger partial charge in [-0.3, -0.25) is 4.79 Å². The van der Waals surface area contributed by atoms with E-state index in [2.05, 4.69) is 15.3 Å². The quantitative estimate of drug-likeness (QED) is 0.460. The van der Waals surface area contributed by atoms with Crippen molar-refractivity contribution in [1.29, 1.82) is 0 Å². The Labute approximate surface area is 181 Å². The van der Waals surface area contributed by atoms with Gasteiger partial charge in [0.15, 0.2) is 5.76 Å². The molecule has 0 saturated carbocycles.